The van der Waals surface area contributed by atoms with Crippen molar-refractivity contribution in [1.82, 2.24) is 0 Å². The summed E-state index contributed by atoms with van der Waals surface area (Å²) in [5.74, 6) is 0. The highest BCUT2D eigenvalue weighted by atomic mass is 16.3. The number of nitrogens with two attached hydrogens (primary N) is 1. The maximum Gasteiger partial charge on any atom is 0.133 e. The fourth-order valence-electron chi connectivity index (χ4n) is 0.0500. The van der Waals surface area contributed by atoms with Gasteiger partial charge in [0.2, 0.25) is 0 Å². The molecule has 7 heavy (non-hydrogen) atoms. The number of hydrogen-bond acceptors (Lipinski definition) is 3. The molecule has 0 bridgehead atoms. The molecule has 0 unspecified atom stereocenters. The number of aliphatic hydroxyl groups excluding tert-OH is 2. The van der Waals surface area contributed by atoms with Gasteiger partial charge in [-0.05, 0) is 0 Å². The van der Waals surface area contributed by atoms with E-state index in [0.717, 1.165) is 0 Å². The van der Waals surface area contributed by atoms with Gasteiger partial charge in [0.25, 0.3) is 0 Å². The van der Waals surface area contributed by atoms with E-state index < -0.39 is 5.44 Å². The van der Waals surface area contributed by atoms with Gasteiger partial charge < -0.3 is 15.9 Å². The quantitative estimate of drug-likeness (QED) is 0.332. The van der Waals surface area contributed by atoms with E-state index in [1.54, 1.807) is 7.85 Å². The molecule has 0 radical (unpaired) electrons. The molecule has 0 atom stereocenters. The first-order valence-electron chi connectivity index (χ1n) is 2.13. The summed E-state index contributed by atoms with van der Waals surface area (Å²) >= 11 is 0. The summed E-state index contributed by atoms with van der Waals surface area (Å²) in [5, 5.41) is 16.6. The van der Waals surface area contributed by atoms with Crippen molar-refractivity contribution in [2.24, 2.45) is 5.73 Å². The van der Waals surface area contributed by atoms with Crippen molar-refractivity contribution >= 4 is 7.85 Å². The molecular formula is C3H10BNO2. The summed E-state index contributed by atoms with van der Waals surface area (Å²) in [5.41, 5.74) is 4.41. The van der Waals surface area contributed by atoms with Gasteiger partial charge in [-0.3, -0.25) is 0 Å². The second-order valence-electron chi connectivity index (χ2n) is 1.97. The van der Waals surface area contributed by atoms with Crippen LogP contribution in [0.5, 0.6) is 0 Å². The van der Waals surface area contributed by atoms with Crippen LogP contribution in [0.2, 0.25) is 0 Å². The predicted molar refractivity (Wildman–Crippen MR) is 29.6 cm³/mol. The van der Waals surface area contributed by atoms with Crippen LogP contribution in [0.4, 0.5) is 0 Å². The maximum atomic E-state index is 8.31. The zero-order valence-electron chi connectivity index (χ0n) is 4.39. The van der Waals surface area contributed by atoms with Gasteiger partial charge in [0.15, 0.2) is 0 Å². The lowest BCUT2D eigenvalue weighted by molar-refractivity contribution is 0.171. The van der Waals surface area contributed by atoms with Gasteiger partial charge in [0.05, 0.1) is 13.2 Å². The average molecular weight is 103 g/mol. The standard InChI is InChI=1S/C3H10BNO2/c4-3(5,1-6)2-7/h6-7H,1-2,4-5H2. The highest BCUT2D eigenvalue weighted by molar-refractivity contribution is 6.15. The largest absolute Gasteiger partial charge is 0.395 e. The SMILES string of the molecule is BC(N)(CO)CO. The molecule has 0 saturated carbocycles. The van der Waals surface area contributed by atoms with Gasteiger partial charge in [-0.1, -0.05) is 0 Å². The molecule has 0 spiro atoms. The summed E-state index contributed by atoms with van der Waals surface area (Å²) in [4.78, 5) is 0. The fourth-order valence-corrected chi connectivity index (χ4v) is 0.0500. The number of hydrogen-bond donors (Lipinski definition) is 3. The van der Waals surface area contributed by atoms with E-state index in [-0.39, 0.29) is 13.2 Å². The van der Waals surface area contributed by atoms with Crippen molar-refractivity contribution in [2.75, 3.05) is 13.2 Å². The molecular weight excluding hydrogens is 92.8 g/mol. The van der Waals surface area contributed by atoms with Crippen LogP contribution in [0, 0.1) is 0 Å². The molecule has 0 aromatic rings. The summed E-state index contributed by atoms with van der Waals surface area (Å²) in [6.07, 6.45) is 0. The van der Waals surface area contributed by atoms with Crippen molar-refractivity contribution in [3.05, 3.63) is 0 Å². The molecule has 0 aliphatic heterocycles. The smallest absolute Gasteiger partial charge is 0.133 e. The van der Waals surface area contributed by atoms with Gasteiger partial charge in [0, 0.05) is 5.44 Å². The first-order chi connectivity index (χ1) is 3.12. The van der Waals surface area contributed by atoms with Crippen molar-refractivity contribution < 1.29 is 10.2 Å². The molecule has 0 aromatic carbocycles. The molecule has 0 rings (SSSR count). The Morgan fingerprint density at radius 1 is 1.43 bits per heavy atom. The summed E-state index contributed by atoms with van der Waals surface area (Å²) < 4.78 is 0. The van der Waals surface area contributed by atoms with Gasteiger partial charge in [0.1, 0.15) is 7.85 Å². The highest BCUT2D eigenvalue weighted by Crippen LogP contribution is 1.85. The molecule has 0 aliphatic carbocycles. The molecule has 0 fully saturated rings. The normalized spacial score (nSPS) is 11.9. The Labute approximate surface area is 43.5 Å². The van der Waals surface area contributed by atoms with Crippen LogP contribution in [0.3, 0.4) is 0 Å². The third-order valence-electron chi connectivity index (χ3n) is 0.722. The Bertz CT molecular complexity index is 50.9. The zero-order chi connectivity index (χ0) is 5.91. The van der Waals surface area contributed by atoms with E-state index in [2.05, 4.69) is 0 Å². The third-order valence-corrected chi connectivity index (χ3v) is 0.722. The Hall–Kier alpha value is -0.0551. The molecule has 0 aromatic heterocycles. The fraction of sp³-hybridized carbons (Fsp3) is 1.00. The molecule has 0 amide bonds. The third kappa shape index (κ3) is 2.62. The molecule has 4 heteroatoms. The van der Waals surface area contributed by atoms with Crippen LogP contribution in [-0.2, 0) is 0 Å². The highest BCUT2D eigenvalue weighted by Gasteiger charge is 2.13. The zero-order valence-corrected chi connectivity index (χ0v) is 4.39. The van der Waals surface area contributed by atoms with E-state index in [1.165, 1.54) is 0 Å². The van der Waals surface area contributed by atoms with Gasteiger partial charge >= 0.3 is 0 Å². The Kier molecular flexibility index (Phi) is 2.28. The molecule has 4 N–H and O–H groups in total. The van der Waals surface area contributed by atoms with Crippen LogP contribution in [0.1, 0.15) is 0 Å². The number of rotatable bonds is 2. The average Bonchev–Trinajstić information content (AvgIpc) is 1.68. The first kappa shape index (κ1) is 6.94. The maximum absolute atomic E-state index is 8.31. The van der Waals surface area contributed by atoms with Crippen molar-refractivity contribution in [2.45, 2.75) is 5.44 Å². The Balaban J connectivity index is 3.36. The topological polar surface area (TPSA) is 66.5 Å². The molecule has 0 heterocycles. The van der Waals surface area contributed by atoms with Crippen LogP contribution in [-0.4, -0.2) is 36.7 Å². The van der Waals surface area contributed by atoms with E-state index in [0.29, 0.717) is 0 Å². The van der Waals surface area contributed by atoms with Crippen LogP contribution < -0.4 is 5.73 Å². The summed E-state index contributed by atoms with van der Waals surface area (Å²) in [6, 6.07) is 0. The van der Waals surface area contributed by atoms with Crippen molar-refractivity contribution in [3.8, 4) is 0 Å². The van der Waals surface area contributed by atoms with Gasteiger partial charge in [-0.2, -0.15) is 0 Å². The minimum atomic E-state index is -0.806. The van der Waals surface area contributed by atoms with E-state index >= 15 is 0 Å². The minimum absolute atomic E-state index is 0.177. The predicted octanol–water partition coefficient (Wildman–Crippen LogP) is -2.74. The van der Waals surface area contributed by atoms with Crippen molar-refractivity contribution in [1.29, 1.82) is 0 Å². The second kappa shape index (κ2) is 2.30. The lowest BCUT2D eigenvalue weighted by atomic mass is 9.80. The van der Waals surface area contributed by atoms with Crippen LogP contribution in [0.25, 0.3) is 0 Å². The van der Waals surface area contributed by atoms with E-state index in [1.807, 2.05) is 0 Å². The summed E-state index contributed by atoms with van der Waals surface area (Å²) in [7, 11) is 1.58. The summed E-state index contributed by atoms with van der Waals surface area (Å²) in [6.45, 7) is -0.354. The lowest BCUT2D eigenvalue weighted by Gasteiger charge is -2.16. The monoisotopic (exact) mass is 103 g/mol. The molecule has 42 valence electrons. The van der Waals surface area contributed by atoms with Crippen LogP contribution >= 0.6 is 0 Å². The van der Waals surface area contributed by atoms with Gasteiger partial charge in [-0.25, -0.2) is 0 Å². The Morgan fingerprint density at radius 3 is 1.71 bits per heavy atom. The van der Waals surface area contributed by atoms with E-state index in [9.17, 15) is 0 Å². The Morgan fingerprint density at radius 2 is 1.71 bits per heavy atom. The van der Waals surface area contributed by atoms with E-state index in [4.69, 9.17) is 15.9 Å². The first-order valence-corrected chi connectivity index (χ1v) is 2.13. The van der Waals surface area contributed by atoms with Crippen LogP contribution in [0.15, 0.2) is 0 Å². The number of aliphatic hydroxyl groups is 2. The molecule has 0 aliphatic rings. The lowest BCUT2D eigenvalue weighted by Crippen LogP contribution is -2.47. The van der Waals surface area contributed by atoms with Gasteiger partial charge in [-0.15, -0.1) is 0 Å². The molecule has 0 saturated heterocycles. The second-order valence-corrected chi connectivity index (χ2v) is 1.97. The minimum Gasteiger partial charge on any atom is -0.395 e. The van der Waals surface area contributed by atoms with Crippen molar-refractivity contribution in [3.63, 3.8) is 0 Å². The molecule has 3 nitrogen and oxygen atoms in total.